The van der Waals surface area contributed by atoms with Crippen LogP contribution in [0, 0.1) is 0 Å². The first-order chi connectivity index (χ1) is 14.5. The normalized spacial score (nSPS) is 14.8. The number of carbonyl (C=O) groups is 1. The fraction of sp³-hybridized carbons (Fsp3) is 0.174. The number of fused-ring (bicyclic) bond motifs is 1. The average Bonchev–Trinajstić information content (AvgIpc) is 2.75. The topological polar surface area (TPSA) is 104 Å². The van der Waals surface area contributed by atoms with Gasteiger partial charge in [-0.3, -0.25) is 9.78 Å². The van der Waals surface area contributed by atoms with Gasteiger partial charge in [0.15, 0.2) is 0 Å². The molecule has 0 aliphatic carbocycles. The van der Waals surface area contributed by atoms with E-state index in [4.69, 9.17) is 0 Å². The molecule has 4 rings (SSSR count). The van der Waals surface area contributed by atoms with Gasteiger partial charge in [0.25, 0.3) is 5.56 Å². The fourth-order valence-electron chi connectivity index (χ4n) is 3.63. The van der Waals surface area contributed by atoms with Crippen LogP contribution in [0.5, 0.6) is 0 Å². The molecule has 7 nitrogen and oxygen atoms in total. The van der Waals surface area contributed by atoms with E-state index in [0.29, 0.717) is 16.9 Å². The summed E-state index contributed by atoms with van der Waals surface area (Å²) in [6.45, 7) is 5.63. The molecule has 1 aliphatic heterocycles. The average molecular weight is 405 g/mol. The molecule has 0 saturated heterocycles. The Morgan fingerprint density at radius 3 is 2.10 bits per heavy atom. The summed E-state index contributed by atoms with van der Waals surface area (Å²) in [5, 5.41) is 12.8. The lowest BCUT2D eigenvalue weighted by atomic mass is 9.82. The van der Waals surface area contributed by atoms with Crippen molar-refractivity contribution in [2.24, 2.45) is 0 Å². The summed E-state index contributed by atoms with van der Waals surface area (Å²) in [5.74, 6) is -1.66. The zero-order valence-electron chi connectivity index (χ0n) is 17.0. The molecule has 0 radical (unpaired) electrons. The summed E-state index contributed by atoms with van der Waals surface area (Å²) >= 11 is 0. The van der Waals surface area contributed by atoms with Gasteiger partial charge in [0, 0.05) is 5.70 Å². The third-order valence-electron chi connectivity index (χ3n) is 4.81. The van der Waals surface area contributed by atoms with Crippen molar-refractivity contribution >= 4 is 11.8 Å². The third kappa shape index (κ3) is 3.57. The van der Waals surface area contributed by atoms with Gasteiger partial charge >= 0.3 is 11.7 Å². The highest BCUT2D eigenvalue weighted by Crippen LogP contribution is 2.39. The molecule has 0 bridgehead atoms. The lowest BCUT2D eigenvalue weighted by Crippen LogP contribution is -2.38. The predicted molar refractivity (Wildman–Crippen MR) is 116 cm³/mol. The molecule has 0 amide bonds. The second kappa shape index (κ2) is 8.65. The van der Waals surface area contributed by atoms with Gasteiger partial charge in [-0.2, -0.15) is 0 Å². The van der Waals surface area contributed by atoms with Crippen molar-refractivity contribution in [3.63, 3.8) is 0 Å². The van der Waals surface area contributed by atoms with Crippen molar-refractivity contribution in [3.8, 4) is 5.69 Å². The number of nitrogens with zero attached hydrogens (tertiary/aromatic N) is 1. The molecule has 1 atom stereocenters. The standard InChI is InChI=1S/C21H17N3O4.C2H6/c1-12-15(20(26)27)16(13-8-4-2-5-9-13)17-18(22-12)24(21(28)23-19(17)25)14-10-6-3-7-11-14;1-2/h2-11,16,22H,1H3,(H,26,27)(H,23,25,28);1-2H3. The summed E-state index contributed by atoms with van der Waals surface area (Å²) in [4.78, 5) is 39.8. The number of carboxylic acids is 1. The Kier molecular flexibility index (Phi) is 6.01. The van der Waals surface area contributed by atoms with Crippen molar-refractivity contribution in [2.75, 3.05) is 5.32 Å². The van der Waals surface area contributed by atoms with Crippen molar-refractivity contribution in [1.29, 1.82) is 0 Å². The van der Waals surface area contributed by atoms with Gasteiger partial charge in [-0.1, -0.05) is 62.4 Å². The van der Waals surface area contributed by atoms with Crippen molar-refractivity contribution in [3.05, 3.63) is 104 Å². The number of nitrogens with one attached hydrogen (secondary N) is 2. The van der Waals surface area contributed by atoms with Gasteiger partial charge in [0.2, 0.25) is 0 Å². The molecule has 0 fully saturated rings. The van der Waals surface area contributed by atoms with E-state index in [0.717, 1.165) is 0 Å². The van der Waals surface area contributed by atoms with Gasteiger partial charge in [-0.15, -0.1) is 0 Å². The Morgan fingerprint density at radius 1 is 0.967 bits per heavy atom. The van der Waals surface area contributed by atoms with Crippen molar-refractivity contribution < 1.29 is 9.90 Å². The van der Waals surface area contributed by atoms with E-state index in [9.17, 15) is 19.5 Å². The number of benzene rings is 2. The smallest absolute Gasteiger partial charge is 0.334 e. The molecule has 2 aromatic carbocycles. The first kappa shape index (κ1) is 20.9. The quantitative estimate of drug-likeness (QED) is 0.619. The first-order valence-electron chi connectivity index (χ1n) is 9.69. The maximum absolute atomic E-state index is 12.8. The van der Waals surface area contributed by atoms with Crippen LogP contribution in [0.25, 0.3) is 5.69 Å². The number of aromatic nitrogens is 2. The Hall–Kier alpha value is -3.87. The number of H-pyrrole nitrogens is 1. The first-order valence-corrected chi connectivity index (χ1v) is 9.69. The van der Waals surface area contributed by atoms with Crippen LogP contribution in [-0.4, -0.2) is 20.6 Å². The maximum Gasteiger partial charge on any atom is 0.334 e. The number of hydrogen-bond acceptors (Lipinski definition) is 4. The molecule has 1 unspecified atom stereocenters. The van der Waals surface area contributed by atoms with Crippen molar-refractivity contribution in [2.45, 2.75) is 26.7 Å². The Morgan fingerprint density at radius 2 is 1.53 bits per heavy atom. The molecule has 1 aliphatic rings. The molecule has 154 valence electrons. The second-order valence-electron chi connectivity index (χ2n) is 6.51. The Balaban J connectivity index is 0.00000124. The van der Waals surface area contributed by atoms with E-state index in [-0.39, 0.29) is 17.0 Å². The van der Waals surface area contributed by atoms with Crippen LogP contribution in [0.3, 0.4) is 0 Å². The number of para-hydroxylation sites is 1. The predicted octanol–water partition coefficient (Wildman–Crippen LogP) is 3.47. The van der Waals surface area contributed by atoms with E-state index in [1.54, 1.807) is 55.5 Å². The van der Waals surface area contributed by atoms with Gasteiger partial charge in [-0.05, 0) is 24.6 Å². The van der Waals surface area contributed by atoms with Gasteiger partial charge in [-0.25, -0.2) is 14.2 Å². The van der Waals surface area contributed by atoms with E-state index >= 15 is 0 Å². The van der Waals surface area contributed by atoms with E-state index < -0.39 is 23.1 Å². The van der Waals surface area contributed by atoms with Crippen LogP contribution >= 0.6 is 0 Å². The number of allylic oxidation sites excluding steroid dienone is 1. The molecule has 2 heterocycles. The van der Waals surface area contributed by atoms with Crippen LogP contribution in [0.2, 0.25) is 0 Å². The molecule has 3 aromatic rings. The maximum atomic E-state index is 12.8. The van der Waals surface area contributed by atoms with Crippen LogP contribution in [0.15, 0.2) is 81.5 Å². The summed E-state index contributed by atoms with van der Waals surface area (Å²) in [7, 11) is 0. The number of carboxylic acid groups (broad SMARTS) is 1. The number of aliphatic carboxylic acids is 1. The largest absolute Gasteiger partial charge is 0.478 e. The molecule has 30 heavy (non-hydrogen) atoms. The number of rotatable bonds is 3. The molecule has 1 aromatic heterocycles. The number of anilines is 1. The highest BCUT2D eigenvalue weighted by atomic mass is 16.4. The highest BCUT2D eigenvalue weighted by molar-refractivity contribution is 5.93. The van der Waals surface area contributed by atoms with E-state index in [1.165, 1.54) is 4.57 Å². The summed E-state index contributed by atoms with van der Waals surface area (Å²) < 4.78 is 1.36. The van der Waals surface area contributed by atoms with Crippen LogP contribution < -0.4 is 16.6 Å². The van der Waals surface area contributed by atoms with E-state index in [1.807, 2.05) is 26.0 Å². The monoisotopic (exact) mass is 405 g/mol. The molecule has 0 spiro atoms. The number of aromatic amines is 1. The summed E-state index contributed by atoms with van der Waals surface area (Å²) in [6, 6.07) is 17.8. The number of hydrogen-bond donors (Lipinski definition) is 3. The molecule has 3 N–H and O–H groups in total. The lowest BCUT2D eigenvalue weighted by Gasteiger charge is -2.30. The summed E-state index contributed by atoms with van der Waals surface area (Å²) in [5.41, 5.74) is 0.654. The van der Waals surface area contributed by atoms with Crippen LogP contribution in [-0.2, 0) is 4.79 Å². The van der Waals surface area contributed by atoms with Crippen molar-refractivity contribution in [1.82, 2.24) is 9.55 Å². The lowest BCUT2D eigenvalue weighted by molar-refractivity contribution is -0.133. The van der Waals surface area contributed by atoms with Gasteiger partial charge < -0.3 is 10.4 Å². The van der Waals surface area contributed by atoms with Crippen LogP contribution in [0.1, 0.15) is 37.8 Å². The Bertz CT molecular complexity index is 1210. The second-order valence-corrected chi connectivity index (χ2v) is 6.51. The summed E-state index contributed by atoms with van der Waals surface area (Å²) in [6.07, 6.45) is 0. The molecular weight excluding hydrogens is 382 g/mol. The zero-order chi connectivity index (χ0) is 21.8. The zero-order valence-corrected chi connectivity index (χ0v) is 17.0. The SMILES string of the molecule is CC.CC1=C(C(=O)O)C(c2ccccc2)c2c(n(-c3ccccc3)c(=O)[nH]c2=O)N1. The molecule has 7 heteroatoms. The molecule has 0 saturated carbocycles. The fourth-order valence-corrected chi connectivity index (χ4v) is 3.63. The van der Waals surface area contributed by atoms with E-state index in [2.05, 4.69) is 10.3 Å². The molecular formula is C23H23N3O4. The Labute approximate surface area is 173 Å². The van der Waals surface area contributed by atoms with Gasteiger partial charge in [0.05, 0.1) is 22.7 Å². The third-order valence-corrected chi connectivity index (χ3v) is 4.81. The van der Waals surface area contributed by atoms with Crippen LogP contribution in [0.4, 0.5) is 5.82 Å². The minimum Gasteiger partial charge on any atom is -0.478 e. The van der Waals surface area contributed by atoms with Gasteiger partial charge in [0.1, 0.15) is 5.82 Å². The highest BCUT2D eigenvalue weighted by Gasteiger charge is 2.36. The minimum atomic E-state index is -1.12. The minimum absolute atomic E-state index is 0.0717.